The van der Waals surface area contributed by atoms with Crippen LogP contribution in [0.5, 0.6) is 0 Å². The van der Waals surface area contributed by atoms with Crippen molar-refractivity contribution < 1.29 is 18.1 Å². The molecule has 2 N–H and O–H groups in total. The monoisotopic (exact) mass is 315 g/mol. The highest BCUT2D eigenvalue weighted by molar-refractivity contribution is 7.88. The van der Waals surface area contributed by atoms with Gasteiger partial charge in [0, 0.05) is 31.3 Å². The number of nitro benzene ring substituents is 1. The number of hydrogen-bond acceptors (Lipinski definition) is 6. The highest BCUT2D eigenvalue weighted by atomic mass is 32.2. The summed E-state index contributed by atoms with van der Waals surface area (Å²) in [6.07, 6.45) is 0. The van der Waals surface area contributed by atoms with Gasteiger partial charge in [0.1, 0.15) is 0 Å². The number of nitro groups is 1. The van der Waals surface area contributed by atoms with Gasteiger partial charge in [-0.3, -0.25) is 10.1 Å². The minimum absolute atomic E-state index is 0.0367. The molecular formula is C12H17N3O5S. The zero-order valence-electron chi connectivity index (χ0n) is 11.3. The molecule has 0 aromatic heterocycles. The summed E-state index contributed by atoms with van der Waals surface area (Å²) in [7, 11) is -3.48. The minimum atomic E-state index is -3.48. The summed E-state index contributed by atoms with van der Waals surface area (Å²) in [5.41, 5.74) is 0.439. The average Bonchev–Trinajstić information content (AvgIpc) is 2.46. The average molecular weight is 315 g/mol. The van der Waals surface area contributed by atoms with Crippen molar-refractivity contribution in [3.63, 3.8) is 0 Å². The minimum Gasteiger partial charge on any atom is -0.378 e. The fourth-order valence-electron chi connectivity index (χ4n) is 1.96. The molecule has 1 saturated heterocycles. The van der Waals surface area contributed by atoms with Crippen LogP contribution in [0.1, 0.15) is 5.56 Å². The zero-order valence-corrected chi connectivity index (χ0v) is 12.1. The highest BCUT2D eigenvalue weighted by Gasteiger charge is 2.17. The van der Waals surface area contributed by atoms with E-state index in [1.165, 1.54) is 24.3 Å². The number of nitrogens with zero attached hydrogens (tertiary/aromatic N) is 1. The van der Waals surface area contributed by atoms with Crippen molar-refractivity contribution in [2.45, 2.75) is 11.8 Å². The van der Waals surface area contributed by atoms with Crippen molar-refractivity contribution >= 4 is 15.7 Å². The molecule has 2 rings (SSSR count). The van der Waals surface area contributed by atoms with Gasteiger partial charge < -0.3 is 10.1 Å². The van der Waals surface area contributed by atoms with Crippen LogP contribution in [0.15, 0.2) is 24.3 Å². The standard InChI is InChI=1S/C12H17N3O5S/c16-15(17)12-3-1-10(2-4-12)9-21(18,19)14-7-11-8-20-6-5-13-11/h1-4,11,13-14H,5-9H2. The van der Waals surface area contributed by atoms with E-state index in [1.54, 1.807) is 0 Å². The van der Waals surface area contributed by atoms with Gasteiger partial charge in [-0.2, -0.15) is 0 Å². The Bertz CT molecular complexity index is 581. The molecule has 1 aromatic carbocycles. The molecule has 8 nitrogen and oxygen atoms in total. The van der Waals surface area contributed by atoms with E-state index < -0.39 is 14.9 Å². The molecule has 1 atom stereocenters. The fraction of sp³-hybridized carbons (Fsp3) is 0.500. The van der Waals surface area contributed by atoms with Gasteiger partial charge in [-0.15, -0.1) is 0 Å². The molecule has 9 heteroatoms. The van der Waals surface area contributed by atoms with Gasteiger partial charge in [0.25, 0.3) is 5.69 Å². The topological polar surface area (TPSA) is 111 Å². The second kappa shape index (κ2) is 6.94. The van der Waals surface area contributed by atoms with Crippen LogP contribution in [0.25, 0.3) is 0 Å². The molecule has 1 aromatic rings. The van der Waals surface area contributed by atoms with E-state index in [0.717, 1.165) is 0 Å². The van der Waals surface area contributed by atoms with Crippen LogP contribution < -0.4 is 10.0 Å². The molecule has 1 unspecified atom stereocenters. The van der Waals surface area contributed by atoms with Crippen molar-refractivity contribution in [1.82, 2.24) is 10.0 Å². The Kier molecular flexibility index (Phi) is 5.23. The highest BCUT2D eigenvalue weighted by Crippen LogP contribution is 2.13. The molecular weight excluding hydrogens is 298 g/mol. The SMILES string of the molecule is O=[N+]([O-])c1ccc(CS(=O)(=O)NCC2COCCN2)cc1. The maximum absolute atomic E-state index is 11.9. The van der Waals surface area contributed by atoms with E-state index in [4.69, 9.17) is 4.74 Å². The number of sulfonamides is 1. The summed E-state index contributed by atoms with van der Waals surface area (Å²) in [5, 5.41) is 13.7. The molecule has 1 aliphatic heterocycles. The van der Waals surface area contributed by atoms with Gasteiger partial charge in [0.15, 0.2) is 0 Å². The third kappa shape index (κ3) is 5.05. The van der Waals surface area contributed by atoms with Crippen LogP contribution in [-0.2, 0) is 20.5 Å². The number of hydrogen-bond donors (Lipinski definition) is 2. The summed E-state index contributed by atoms with van der Waals surface area (Å²) >= 11 is 0. The van der Waals surface area contributed by atoms with Gasteiger partial charge in [-0.1, -0.05) is 12.1 Å². The maximum Gasteiger partial charge on any atom is 0.269 e. The van der Waals surface area contributed by atoms with Crippen LogP contribution in [0, 0.1) is 10.1 Å². The number of rotatable bonds is 6. The van der Waals surface area contributed by atoms with Crippen LogP contribution >= 0.6 is 0 Å². The molecule has 1 fully saturated rings. The van der Waals surface area contributed by atoms with E-state index in [1.807, 2.05) is 0 Å². The van der Waals surface area contributed by atoms with Crippen LogP contribution in [0.2, 0.25) is 0 Å². The molecule has 0 amide bonds. The van der Waals surface area contributed by atoms with Crippen molar-refractivity contribution in [3.05, 3.63) is 39.9 Å². The molecule has 116 valence electrons. The Morgan fingerprint density at radius 3 is 2.67 bits per heavy atom. The van der Waals surface area contributed by atoms with Crippen molar-refractivity contribution in [1.29, 1.82) is 0 Å². The lowest BCUT2D eigenvalue weighted by Crippen LogP contribution is -2.48. The number of benzene rings is 1. The van der Waals surface area contributed by atoms with Crippen LogP contribution in [-0.4, -0.2) is 45.7 Å². The van der Waals surface area contributed by atoms with Crippen molar-refractivity contribution in [2.24, 2.45) is 0 Å². The zero-order chi connectivity index (χ0) is 15.3. The first-order valence-corrected chi connectivity index (χ1v) is 8.13. The van der Waals surface area contributed by atoms with Gasteiger partial charge in [-0.25, -0.2) is 13.1 Å². The third-order valence-corrected chi connectivity index (χ3v) is 4.37. The summed E-state index contributed by atoms with van der Waals surface area (Å²) in [5.74, 6) is -0.210. The molecule has 0 aliphatic carbocycles. The molecule has 0 bridgehead atoms. The van der Waals surface area contributed by atoms with Gasteiger partial charge in [0.2, 0.25) is 10.0 Å². The number of non-ortho nitro benzene ring substituents is 1. The Hall–Kier alpha value is -1.55. The maximum atomic E-state index is 11.9. The Morgan fingerprint density at radius 1 is 1.38 bits per heavy atom. The number of ether oxygens (including phenoxy) is 1. The summed E-state index contributed by atoms with van der Waals surface area (Å²) in [6.45, 7) is 2.07. The van der Waals surface area contributed by atoms with E-state index in [0.29, 0.717) is 25.3 Å². The fourth-order valence-corrected chi connectivity index (χ4v) is 3.15. The predicted octanol–water partition coefficient (Wildman–Crippen LogP) is 0.00260. The Balaban J connectivity index is 1.89. The van der Waals surface area contributed by atoms with Gasteiger partial charge in [0.05, 0.1) is 23.9 Å². The first-order valence-electron chi connectivity index (χ1n) is 6.48. The quantitative estimate of drug-likeness (QED) is 0.565. The first-order chi connectivity index (χ1) is 9.96. The van der Waals surface area contributed by atoms with Crippen LogP contribution in [0.3, 0.4) is 0 Å². The molecule has 21 heavy (non-hydrogen) atoms. The molecule has 0 spiro atoms. The molecule has 0 saturated carbocycles. The van der Waals surface area contributed by atoms with Crippen molar-refractivity contribution in [3.8, 4) is 0 Å². The lowest BCUT2D eigenvalue weighted by atomic mass is 10.2. The van der Waals surface area contributed by atoms with E-state index in [2.05, 4.69) is 10.0 Å². The predicted molar refractivity (Wildman–Crippen MR) is 76.3 cm³/mol. The Morgan fingerprint density at radius 2 is 2.10 bits per heavy atom. The second-order valence-electron chi connectivity index (χ2n) is 4.76. The molecule has 1 aliphatic rings. The van der Waals surface area contributed by atoms with Gasteiger partial charge >= 0.3 is 0 Å². The second-order valence-corrected chi connectivity index (χ2v) is 6.56. The lowest BCUT2D eigenvalue weighted by Gasteiger charge is -2.23. The summed E-state index contributed by atoms with van der Waals surface area (Å²) in [4.78, 5) is 10.0. The van der Waals surface area contributed by atoms with E-state index in [-0.39, 0.29) is 24.0 Å². The first kappa shape index (κ1) is 15.8. The van der Waals surface area contributed by atoms with Crippen LogP contribution in [0.4, 0.5) is 5.69 Å². The smallest absolute Gasteiger partial charge is 0.269 e. The van der Waals surface area contributed by atoms with E-state index in [9.17, 15) is 18.5 Å². The largest absolute Gasteiger partial charge is 0.378 e. The molecule has 0 radical (unpaired) electrons. The third-order valence-electron chi connectivity index (χ3n) is 3.05. The van der Waals surface area contributed by atoms with Crippen molar-refractivity contribution in [2.75, 3.05) is 26.3 Å². The van der Waals surface area contributed by atoms with Gasteiger partial charge in [-0.05, 0) is 5.56 Å². The summed E-state index contributed by atoms with van der Waals surface area (Å²) < 4.78 is 31.6. The lowest BCUT2D eigenvalue weighted by molar-refractivity contribution is -0.384. The number of morpholine rings is 1. The molecule has 1 heterocycles. The normalized spacial score (nSPS) is 19.3. The number of nitrogens with one attached hydrogen (secondary N) is 2. The Labute approximate surface area is 122 Å². The van der Waals surface area contributed by atoms with E-state index >= 15 is 0 Å². The summed E-state index contributed by atoms with van der Waals surface area (Å²) in [6, 6.07) is 5.44.